The molecular formula is C14H20N2O3. The van der Waals surface area contributed by atoms with Crippen LogP contribution in [0.4, 0.5) is 0 Å². The van der Waals surface area contributed by atoms with Gasteiger partial charge >= 0.3 is 0 Å². The van der Waals surface area contributed by atoms with Gasteiger partial charge in [-0.25, -0.2) is 0 Å². The van der Waals surface area contributed by atoms with Gasteiger partial charge in [0.15, 0.2) is 0 Å². The van der Waals surface area contributed by atoms with Crippen molar-refractivity contribution in [2.45, 2.75) is 24.8 Å². The minimum Gasteiger partial charge on any atom is -0.394 e. The molecule has 0 saturated carbocycles. The van der Waals surface area contributed by atoms with Crippen LogP contribution < -0.4 is 0 Å². The van der Waals surface area contributed by atoms with Crippen LogP contribution in [0.3, 0.4) is 0 Å². The molecule has 2 heterocycles. The second-order valence-corrected chi connectivity index (χ2v) is 4.92. The first kappa shape index (κ1) is 14.0. The van der Waals surface area contributed by atoms with Gasteiger partial charge in [0.05, 0.1) is 12.1 Å². The van der Waals surface area contributed by atoms with Gasteiger partial charge in [-0.1, -0.05) is 0 Å². The van der Waals surface area contributed by atoms with E-state index < -0.39 is 5.54 Å². The summed E-state index contributed by atoms with van der Waals surface area (Å²) in [5, 5.41) is 9.75. The van der Waals surface area contributed by atoms with E-state index in [-0.39, 0.29) is 12.5 Å². The summed E-state index contributed by atoms with van der Waals surface area (Å²) < 4.78 is 5.11. The van der Waals surface area contributed by atoms with E-state index in [2.05, 4.69) is 4.98 Å². The zero-order chi connectivity index (χ0) is 13.7. The number of ether oxygens (including phenoxy) is 1. The maximum absolute atomic E-state index is 12.5. The Morgan fingerprint density at radius 1 is 1.53 bits per heavy atom. The van der Waals surface area contributed by atoms with Crippen molar-refractivity contribution in [3.63, 3.8) is 0 Å². The summed E-state index contributed by atoms with van der Waals surface area (Å²) in [6.45, 7) is 1.21. The molecule has 1 aliphatic rings. The van der Waals surface area contributed by atoms with E-state index in [1.807, 2.05) is 0 Å². The molecule has 104 valence electrons. The standard InChI is InChI=1S/C14H20N2O3/c1-19-10-6-14(11-17)5-2-9-16(14)13(18)12-3-7-15-8-4-12/h3-4,7-8,17H,2,5-6,9-11H2,1H3/t14-/m1/s1. The van der Waals surface area contributed by atoms with E-state index in [4.69, 9.17) is 4.74 Å². The number of aliphatic hydroxyl groups excluding tert-OH is 1. The minimum atomic E-state index is -0.476. The molecule has 0 aliphatic carbocycles. The summed E-state index contributed by atoms with van der Waals surface area (Å²) in [6.07, 6.45) is 5.62. The van der Waals surface area contributed by atoms with Gasteiger partial charge in [-0.05, 0) is 31.4 Å². The molecule has 0 aromatic carbocycles. The van der Waals surface area contributed by atoms with Crippen LogP contribution in [0, 0.1) is 0 Å². The molecular weight excluding hydrogens is 244 g/mol. The van der Waals surface area contributed by atoms with E-state index in [1.165, 1.54) is 0 Å². The van der Waals surface area contributed by atoms with Crippen molar-refractivity contribution in [2.24, 2.45) is 0 Å². The summed E-state index contributed by atoms with van der Waals surface area (Å²) >= 11 is 0. The summed E-state index contributed by atoms with van der Waals surface area (Å²) in [5.74, 6) is -0.0370. The van der Waals surface area contributed by atoms with Crippen molar-refractivity contribution < 1.29 is 14.6 Å². The summed E-state index contributed by atoms with van der Waals surface area (Å²) in [6, 6.07) is 3.41. The van der Waals surface area contributed by atoms with Gasteiger partial charge in [-0.3, -0.25) is 9.78 Å². The highest BCUT2D eigenvalue weighted by atomic mass is 16.5. The first-order chi connectivity index (χ1) is 9.23. The highest BCUT2D eigenvalue weighted by Crippen LogP contribution is 2.33. The van der Waals surface area contributed by atoms with Crippen LogP contribution >= 0.6 is 0 Å². The fraction of sp³-hybridized carbons (Fsp3) is 0.571. The molecule has 5 nitrogen and oxygen atoms in total. The number of hydrogen-bond acceptors (Lipinski definition) is 4. The maximum Gasteiger partial charge on any atom is 0.254 e. The lowest BCUT2D eigenvalue weighted by Gasteiger charge is -2.37. The molecule has 1 aromatic rings. The van der Waals surface area contributed by atoms with Gasteiger partial charge in [0.1, 0.15) is 0 Å². The second-order valence-electron chi connectivity index (χ2n) is 4.92. The number of pyridine rings is 1. The molecule has 5 heteroatoms. The Bertz CT molecular complexity index is 424. The molecule has 1 fully saturated rings. The number of aliphatic hydroxyl groups is 1. The van der Waals surface area contributed by atoms with Crippen LogP contribution in [0.15, 0.2) is 24.5 Å². The van der Waals surface area contributed by atoms with E-state index in [9.17, 15) is 9.90 Å². The largest absolute Gasteiger partial charge is 0.394 e. The molecule has 2 rings (SSSR count). The Labute approximate surface area is 113 Å². The molecule has 0 bridgehead atoms. The van der Waals surface area contributed by atoms with Crippen molar-refractivity contribution >= 4 is 5.91 Å². The minimum absolute atomic E-state index is 0.0207. The number of nitrogens with zero attached hydrogens (tertiary/aromatic N) is 2. The lowest BCUT2D eigenvalue weighted by atomic mass is 9.93. The smallest absolute Gasteiger partial charge is 0.254 e. The highest BCUT2D eigenvalue weighted by Gasteiger charge is 2.42. The molecule has 1 N–H and O–H groups in total. The first-order valence-corrected chi connectivity index (χ1v) is 6.55. The average molecular weight is 264 g/mol. The monoisotopic (exact) mass is 264 g/mol. The molecule has 0 spiro atoms. The quantitative estimate of drug-likeness (QED) is 0.864. The molecule has 19 heavy (non-hydrogen) atoms. The van der Waals surface area contributed by atoms with Crippen molar-refractivity contribution in [1.82, 2.24) is 9.88 Å². The van der Waals surface area contributed by atoms with Gasteiger partial charge in [0.25, 0.3) is 5.91 Å². The third-order valence-electron chi connectivity index (χ3n) is 3.83. The summed E-state index contributed by atoms with van der Waals surface area (Å²) in [7, 11) is 1.63. The number of carbonyl (C=O) groups is 1. The molecule has 1 aliphatic heterocycles. The Morgan fingerprint density at radius 3 is 2.89 bits per heavy atom. The van der Waals surface area contributed by atoms with E-state index in [0.717, 1.165) is 12.8 Å². The number of amides is 1. The topological polar surface area (TPSA) is 62.7 Å². The Balaban J connectivity index is 2.19. The van der Waals surface area contributed by atoms with Gasteiger partial charge in [-0.2, -0.15) is 0 Å². The maximum atomic E-state index is 12.5. The van der Waals surface area contributed by atoms with E-state index >= 15 is 0 Å². The van der Waals surface area contributed by atoms with Crippen molar-refractivity contribution in [2.75, 3.05) is 26.9 Å². The molecule has 0 unspecified atom stereocenters. The predicted molar refractivity (Wildman–Crippen MR) is 70.8 cm³/mol. The molecule has 1 aromatic heterocycles. The number of likely N-dealkylation sites (tertiary alicyclic amines) is 1. The second kappa shape index (κ2) is 6.12. The van der Waals surface area contributed by atoms with Crippen LogP contribution in [0.2, 0.25) is 0 Å². The van der Waals surface area contributed by atoms with Crippen LogP contribution in [0.5, 0.6) is 0 Å². The number of rotatable bonds is 5. The van der Waals surface area contributed by atoms with Gasteiger partial charge in [-0.15, -0.1) is 0 Å². The number of methoxy groups -OCH3 is 1. The Kier molecular flexibility index (Phi) is 4.50. The number of aromatic nitrogens is 1. The zero-order valence-corrected chi connectivity index (χ0v) is 11.2. The van der Waals surface area contributed by atoms with Crippen LogP contribution in [-0.4, -0.2) is 53.3 Å². The number of hydrogen-bond donors (Lipinski definition) is 1. The third kappa shape index (κ3) is 2.77. The third-order valence-corrected chi connectivity index (χ3v) is 3.83. The lowest BCUT2D eigenvalue weighted by Crippen LogP contribution is -2.50. The number of carbonyl (C=O) groups excluding carboxylic acids is 1. The summed E-state index contributed by atoms with van der Waals surface area (Å²) in [4.78, 5) is 18.2. The van der Waals surface area contributed by atoms with Crippen LogP contribution in [0.25, 0.3) is 0 Å². The Morgan fingerprint density at radius 2 is 2.26 bits per heavy atom. The van der Waals surface area contributed by atoms with E-state index in [0.29, 0.717) is 25.1 Å². The van der Waals surface area contributed by atoms with Gasteiger partial charge in [0, 0.05) is 38.2 Å². The first-order valence-electron chi connectivity index (χ1n) is 6.55. The fourth-order valence-corrected chi connectivity index (χ4v) is 2.70. The SMILES string of the molecule is COCC[C@@]1(CO)CCCN1C(=O)c1ccncc1. The molecule has 1 atom stereocenters. The molecule has 0 radical (unpaired) electrons. The highest BCUT2D eigenvalue weighted by molar-refractivity contribution is 5.94. The van der Waals surface area contributed by atoms with Crippen molar-refractivity contribution in [3.8, 4) is 0 Å². The van der Waals surface area contributed by atoms with E-state index in [1.54, 1.807) is 36.5 Å². The Hall–Kier alpha value is -1.46. The normalized spacial score (nSPS) is 22.7. The fourth-order valence-electron chi connectivity index (χ4n) is 2.70. The van der Waals surface area contributed by atoms with Crippen LogP contribution in [0.1, 0.15) is 29.6 Å². The summed E-state index contributed by atoms with van der Waals surface area (Å²) in [5.41, 5.74) is 0.142. The molecule has 1 saturated heterocycles. The van der Waals surface area contributed by atoms with Crippen molar-refractivity contribution in [3.05, 3.63) is 30.1 Å². The zero-order valence-electron chi connectivity index (χ0n) is 11.2. The molecule has 1 amide bonds. The van der Waals surface area contributed by atoms with Crippen molar-refractivity contribution in [1.29, 1.82) is 0 Å². The van der Waals surface area contributed by atoms with Gasteiger partial charge < -0.3 is 14.7 Å². The van der Waals surface area contributed by atoms with Crippen LogP contribution in [-0.2, 0) is 4.74 Å². The average Bonchev–Trinajstić information content (AvgIpc) is 2.89. The van der Waals surface area contributed by atoms with Gasteiger partial charge in [0.2, 0.25) is 0 Å². The predicted octanol–water partition coefficient (Wildman–Crippen LogP) is 1.09. The lowest BCUT2D eigenvalue weighted by molar-refractivity contribution is 0.0270.